The van der Waals surface area contributed by atoms with Crippen LogP contribution in [-0.4, -0.2) is 25.8 Å². The first-order chi connectivity index (χ1) is 13.2. The van der Waals surface area contributed by atoms with Gasteiger partial charge in [-0.25, -0.2) is 0 Å². The molecule has 27 heavy (non-hydrogen) atoms. The van der Waals surface area contributed by atoms with Crippen LogP contribution < -0.4 is 0 Å². The second kappa shape index (κ2) is 7.63. The minimum atomic E-state index is -0.302. The molecule has 0 aliphatic rings. The van der Waals surface area contributed by atoms with Gasteiger partial charge in [0.05, 0.1) is 11.5 Å². The predicted octanol–water partition coefficient (Wildman–Crippen LogP) is 4.89. The third-order valence-electron chi connectivity index (χ3n) is 4.10. The van der Waals surface area contributed by atoms with Crippen molar-refractivity contribution in [1.29, 1.82) is 0 Å². The van der Waals surface area contributed by atoms with Crippen LogP contribution in [0.3, 0.4) is 0 Å². The zero-order valence-corrected chi connectivity index (χ0v) is 15.5. The number of nitrogens with zero attached hydrogens (tertiary/aromatic N) is 3. The van der Waals surface area contributed by atoms with Gasteiger partial charge in [0.15, 0.2) is 16.7 Å². The van der Waals surface area contributed by atoms with Crippen molar-refractivity contribution >= 4 is 17.5 Å². The van der Waals surface area contributed by atoms with E-state index >= 15 is 0 Å². The maximum Gasteiger partial charge on any atom is 0.205 e. The van der Waals surface area contributed by atoms with Gasteiger partial charge in [0.2, 0.25) is 5.82 Å². The highest BCUT2D eigenvalue weighted by molar-refractivity contribution is 8.00. The third kappa shape index (κ3) is 3.57. The Morgan fingerprint density at radius 2 is 1.67 bits per heavy atom. The topological polar surface area (TPSA) is 60.9 Å². The summed E-state index contributed by atoms with van der Waals surface area (Å²) in [6, 6.07) is 22.8. The Labute approximate surface area is 161 Å². The molecule has 0 bridgehead atoms. The smallest absolute Gasteiger partial charge is 0.205 e. The standard InChI is InChI=1S/C21H17N3O2S/c1-15(19(25)16-9-4-2-5-10-16)27-21-23-22-20(18-13-8-14-26-18)24(21)17-11-6-3-7-12-17/h2-15H,1H3. The van der Waals surface area contributed by atoms with Crippen molar-refractivity contribution in [2.75, 3.05) is 0 Å². The molecule has 2 aromatic heterocycles. The van der Waals surface area contributed by atoms with Crippen molar-refractivity contribution in [2.45, 2.75) is 17.3 Å². The number of benzene rings is 2. The fourth-order valence-corrected chi connectivity index (χ4v) is 3.71. The Balaban J connectivity index is 1.70. The summed E-state index contributed by atoms with van der Waals surface area (Å²) < 4.78 is 7.43. The fraction of sp³-hybridized carbons (Fsp3) is 0.0952. The SMILES string of the molecule is CC(Sc1nnc(-c2ccco2)n1-c1ccccc1)C(=O)c1ccccc1. The van der Waals surface area contributed by atoms with Crippen molar-refractivity contribution in [2.24, 2.45) is 0 Å². The van der Waals surface area contributed by atoms with Crippen LogP contribution >= 0.6 is 11.8 Å². The Morgan fingerprint density at radius 3 is 2.33 bits per heavy atom. The number of carbonyl (C=O) groups excluding carboxylic acids is 1. The van der Waals surface area contributed by atoms with E-state index in [1.165, 1.54) is 11.8 Å². The number of furan rings is 1. The highest BCUT2D eigenvalue weighted by Crippen LogP contribution is 2.31. The van der Waals surface area contributed by atoms with E-state index in [0.717, 1.165) is 5.69 Å². The minimum absolute atomic E-state index is 0.0581. The lowest BCUT2D eigenvalue weighted by atomic mass is 10.1. The fourth-order valence-electron chi connectivity index (χ4n) is 2.77. The first kappa shape index (κ1) is 17.3. The second-order valence-electron chi connectivity index (χ2n) is 5.94. The highest BCUT2D eigenvalue weighted by atomic mass is 32.2. The molecule has 0 radical (unpaired) electrons. The van der Waals surface area contributed by atoms with E-state index in [1.807, 2.05) is 84.3 Å². The molecule has 4 rings (SSSR count). The number of Topliss-reactive ketones (excluding diaryl/α,β-unsaturated/α-hetero) is 1. The first-order valence-electron chi connectivity index (χ1n) is 8.54. The summed E-state index contributed by atoms with van der Waals surface area (Å²) in [7, 11) is 0. The van der Waals surface area contributed by atoms with E-state index in [0.29, 0.717) is 22.3 Å². The zero-order chi connectivity index (χ0) is 18.6. The van der Waals surface area contributed by atoms with Crippen LogP contribution in [-0.2, 0) is 0 Å². The number of rotatable bonds is 6. The summed E-state index contributed by atoms with van der Waals surface area (Å²) >= 11 is 1.38. The number of ketones is 1. The Bertz CT molecular complexity index is 1030. The molecule has 1 atom stereocenters. The van der Waals surface area contributed by atoms with E-state index in [-0.39, 0.29) is 11.0 Å². The maximum absolute atomic E-state index is 12.7. The van der Waals surface area contributed by atoms with E-state index in [4.69, 9.17) is 4.42 Å². The van der Waals surface area contributed by atoms with E-state index in [1.54, 1.807) is 6.26 Å². The van der Waals surface area contributed by atoms with Crippen molar-refractivity contribution in [3.05, 3.63) is 84.6 Å². The number of aromatic nitrogens is 3. The summed E-state index contributed by atoms with van der Waals surface area (Å²) in [6.45, 7) is 1.89. The molecule has 0 fully saturated rings. The average molecular weight is 375 g/mol. The van der Waals surface area contributed by atoms with Gasteiger partial charge in [-0.05, 0) is 31.2 Å². The largest absolute Gasteiger partial charge is 0.461 e. The van der Waals surface area contributed by atoms with E-state index < -0.39 is 0 Å². The molecular formula is C21H17N3O2S. The first-order valence-corrected chi connectivity index (χ1v) is 9.42. The number of hydrogen-bond acceptors (Lipinski definition) is 5. The highest BCUT2D eigenvalue weighted by Gasteiger charge is 2.23. The molecule has 134 valence electrons. The monoisotopic (exact) mass is 375 g/mol. The van der Waals surface area contributed by atoms with Gasteiger partial charge in [-0.3, -0.25) is 9.36 Å². The second-order valence-corrected chi connectivity index (χ2v) is 7.25. The molecule has 0 saturated carbocycles. The van der Waals surface area contributed by atoms with Crippen molar-refractivity contribution in [3.63, 3.8) is 0 Å². The number of carbonyl (C=O) groups is 1. The lowest BCUT2D eigenvalue weighted by molar-refractivity contribution is 0.0994. The molecular weight excluding hydrogens is 358 g/mol. The molecule has 0 spiro atoms. The minimum Gasteiger partial charge on any atom is -0.461 e. The van der Waals surface area contributed by atoms with Gasteiger partial charge in [0, 0.05) is 11.3 Å². The van der Waals surface area contributed by atoms with Gasteiger partial charge in [0.25, 0.3) is 0 Å². The number of thioether (sulfide) groups is 1. The van der Waals surface area contributed by atoms with Gasteiger partial charge in [-0.15, -0.1) is 10.2 Å². The summed E-state index contributed by atoms with van der Waals surface area (Å²) in [5, 5.41) is 8.98. The molecule has 0 amide bonds. The van der Waals surface area contributed by atoms with Gasteiger partial charge in [-0.2, -0.15) is 0 Å². The van der Waals surface area contributed by atoms with Crippen LogP contribution in [0.2, 0.25) is 0 Å². The van der Waals surface area contributed by atoms with Crippen molar-refractivity contribution < 1.29 is 9.21 Å². The average Bonchev–Trinajstić information content (AvgIpc) is 3.38. The van der Waals surface area contributed by atoms with Crippen LogP contribution in [0.15, 0.2) is 88.6 Å². The summed E-state index contributed by atoms with van der Waals surface area (Å²) in [5.41, 5.74) is 1.60. The number of para-hydroxylation sites is 1. The summed E-state index contributed by atoms with van der Waals surface area (Å²) in [5.74, 6) is 1.29. The number of hydrogen-bond donors (Lipinski definition) is 0. The molecule has 0 aliphatic carbocycles. The Kier molecular flexibility index (Phi) is 4.89. The Morgan fingerprint density at radius 1 is 0.963 bits per heavy atom. The van der Waals surface area contributed by atoms with Gasteiger partial charge in [0.1, 0.15) is 0 Å². The maximum atomic E-state index is 12.7. The molecule has 2 aromatic carbocycles. The third-order valence-corrected chi connectivity index (χ3v) is 5.14. The van der Waals surface area contributed by atoms with Crippen LogP contribution in [0.5, 0.6) is 0 Å². The van der Waals surface area contributed by atoms with E-state index in [2.05, 4.69) is 10.2 Å². The molecule has 0 aliphatic heterocycles. The Hall–Kier alpha value is -3.12. The molecule has 5 nitrogen and oxygen atoms in total. The molecule has 1 unspecified atom stereocenters. The van der Waals surface area contributed by atoms with E-state index in [9.17, 15) is 4.79 Å². The van der Waals surface area contributed by atoms with Gasteiger partial charge >= 0.3 is 0 Å². The van der Waals surface area contributed by atoms with Crippen molar-refractivity contribution in [1.82, 2.24) is 14.8 Å². The quantitative estimate of drug-likeness (QED) is 0.355. The normalized spacial score (nSPS) is 12.0. The molecule has 0 saturated heterocycles. The van der Waals surface area contributed by atoms with Crippen LogP contribution in [0, 0.1) is 0 Å². The van der Waals surface area contributed by atoms with Crippen molar-refractivity contribution in [3.8, 4) is 17.3 Å². The summed E-state index contributed by atoms with van der Waals surface area (Å²) in [6.07, 6.45) is 1.60. The molecule has 4 aromatic rings. The summed E-state index contributed by atoms with van der Waals surface area (Å²) in [4.78, 5) is 12.7. The molecule has 0 N–H and O–H groups in total. The van der Waals surface area contributed by atoms with Gasteiger partial charge < -0.3 is 4.42 Å². The molecule has 2 heterocycles. The molecule has 6 heteroatoms. The lowest BCUT2D eigenvalue weighted by Crippen LogP contribution is -2.14. The van der Waals surface area contributed by atoms with Crippen LogP contribution in [0.4, 0.5) is 0 Å². The zero-order valence-electron chi connectivity index (χ0n) is 14.6. The predicted molar refractivity (Wildman–Crippen MR) is 105 cm³/mol. The van der Waals surface area contributed by atoms with Gasteiger partial charge in [-0.1, -0.05) is 60.3 Å². The lowest BCUT2D eigenvalue weighted by Gasteiger charge is -2.12. The van der Waals surface area contributed by atoms with Crippen LogP contribution in [0.1, 0.15) is 17.3 Å². The van der Waals surface area contributed by atoms with Crippen LogP contribution in [0.25, 0.3) is 17.3 Å².